The molecule has 1 aromatic rings. The molecule has 1 aromatic heterocycles. The lowest BCUT2D eigenvalue weighted by Crippen LogP contribution is -1.95. The van der Waals surface area contributed by atoms with Crippen molar-refractivity contribution in [2.75, 3.05) is 0 Å². The number of rotatable bonds is 2. The molecule has 0 aromatic carbocycles. The highest BCUT2D eigenvalue weighted by Crippen LogP contribution is 2.62. The van der Waals surface area contributed by atoms with Crippen molar-refractivity contribution in [3.8, 4) is 0 Å². The highest BCUT2D eigenvalue weighted by molar-refractivity contribution is 5.81. The number of aromatic nitrogens is 2. The first-order valence-corrected chi connectivity index (χ1v) is 4.84. The van der Waals surface area contributed by atoms with E-state index in [1.54, 1.807) is 0 Å². The summed E-state index contributed by atoms with van der Waals surface area (Å²) >= 11 is 0. The minimum absolute atomic E-state index is 0.287. The van der Waals surface area contributed by atoms with Crippen molar-refractivity contribution in [3.63, 3.8) is 0 Å². The number of carbonyl (C=O) groups is 1. The third-order valence-corrected chi connectivity index (χ3v) is 3.32. The third-order valence-electron chi connectivity index (χ3n) is 3.32. The van der Waals surface area contributed by atoms with Gasteiger partial charge in [-0.05, 0) is 24.7 Å². The smallest absolute Gasteiger partial charge is 0.393 e. The van der Waals surface area contributed by atoms with E-state index in [1.807, 2.05) is 0 Å². The molecule has 2 atom stereocenters. The van der Waals surface area contributed by atoms with Gasteiger partial charge in [0.2, 0.25) is 5.89 Å². The van der Waals surface area contributed by atoms with Gasteiger partial charge >= 0.3 is 11.9 Å². The summed E-state index contributed by atoms with van der Waals surface area (Å²) in [6.45, 7) is 0. The number of nitrogens with zero attached hydrogens (tertiary/aromatic N) is 2. The van der Waals surface area contributed by atoms with Crippen LogP contribution in [-0.2, 0) is 0 Å². The lowest BCUT2D eigenvalue weighted by atomic mass is 10.1. The first kappa shape index (κ1) is 7.96. The van der Waals surface area contributed by atoms with E-state index in [0.29, 0.717) is 23.6 Å². The topological polar surface area (TPSA) is 76.2 Å². The summed E-state index contributed by atoms with van der Waals surface area (Å²) in [6, 6.07) is 0. The quantitative estimate of drug-likeness (QED) is 0.767. The second-order valence-corrected chi connectivity index (χ2v) is 4.04. The molecule has 2 saturated carbocycles. The maximum atomic E-state index is 10.5. The van der Waals surface area contributed by atoms with Crippen LogP contribution in [0.2, 0.25) is 0 Å². The summed E-state index contributed by atoms with van der Waals surface area (Å²) in [7, 11) is 0. The minimum Gasteiger partial charge on any atom is -0.474 e. The van der Waals surface area contributed by atoms with E-state index in [4.69, 9.17) is 9.52 Å². The minimum atomic E-state index is -1.14. The Morgan fingerprint density at radius 1 is 1.36 bits per heavy atom. The molecule has 74 valence electrons. The maximum Gasteiger partial charge on any atom is 0.393 e. The highest BCUT2D eigenvalue weighted by Gasteiger charge is 2.56. The fourth-order valence-corrected chi connectivity index (χ4v) is 2.64. The lowest BCUT2D eigenvalue weighted by molar-refractivity contribution is 0.0651. The van der Waals surface area contributed by atoms with Gasteiger partial charge in [0.15, 0.2) is 0 Å². The molecule has 0 aliphatic heterocycles. The van der Waals surface area contributed by atoms with Crippen LogP contribution in [0, 0.1) is 11.8 Å². The van der Waals surface area contributed by atoms with Crippen LogP contribution in [0.25, 0.3) is 0 Å². The molecule has 2 aliphatic rings. The van der Waals surface area contributed by atoms with E-state index in [1.165, 1.54) is 19.3 Å². The molecule has 2 unspecified atom stereocenters. The molecule has 1 heterocycles. The number of carboxylic acid groups (broad SMARTS) is 1. The normalized spacial score (nSPS) is 34.1. The van der Waals surface area contributed by atoms with Crippen molar-refractivity contribution < 1.29 is 14.3 Å². The van der Waals surface area contributed by atoms with Crippen LogP contribution in [0.15, 0.2) is 4.42 Å². The zero-order chi connectivity index (χ0) is 9.71. The van der Waals surface area contributed by atoms with Crippen molar-refractivity contribution in [1.82, 2.24) is 10.2 Å². The van der Waals surface area contributed by atoms with Gasteiger partial charge < -0.3 is 9.52 Å². The molecule has 1 N–H and O–H groups in total. The van der Waals surface area contributed by atoms with Gasteiger partial charge in [-0.1, -0.05) is 6.42 Å². The Morgan fingerprint density at radius 3 is 2.64 bits per heavy atom. The van der Waals surface area contributed by atoms with Gasteiger partial charge in [0.1, 0.15) is 0 Å². The number of hydrogen-bond acceptors (Lipinski definition) is 4. The van der Waals surface area contributed by atoms with Crippen molar-refractivity contribution >= 4 is 5.97 Å². The first-order chi connectivity index (χ1) is 6.77. The molecule has 0 radical (unpaired) electrons. The predicted octanol–water partition coefficient (Wildman–Crippen LogP) is 1.28. The van der Waals surface area contributed by atoms with Gasteiger partial charge in [-0.3, -0.25) is 0 Å². The van der Waals surface area contributed by atoms with Crippen molar-refractivity contribution in [1.29, 1.82) is 0 Å². The highest BCUT2D eigenvalue weighted by atomic mass is 16.4. The standard InChI is InChI=1S/C9H10N2O3/c12-9(13)8-11-10-7(14-8)6-4-2-1-3-5(4)6/h4-6H,1-3H2,(H,12,13). The maximum absolute atomic E-state index is 10.5. The summed E-state index contributed by atoms with van der Waals surface area (Å²) in [4.78, 5) is 10.5. The van der Waals surface area contributed by atoms with E-state index >= 15 is 0 Å². The summed E-state index contributed by atoms with van der Waals surface area (Å²) in [5, 5.41) is 15.9. The second kappa shape index (κ2) is 2.56. The summed E-state index contributed by atoms with van der Waals surface area (Å²) in [5.74, 6) is 0.801. The van der Waals surface area contributed by atoms with Crippen LogP contribution in [0.3, 0.4) is 0 Å². The molecule has 5 heteroatoms. The number of hydrogen-bond donors (Lipinski definition) is 1. The molecule has 14 heavy (non-hydrogen) atoms. The van der Waals surface area contributed by atoms with E-state index < -0.39 is 5.97 Å². The Kier molecular flexibility index (Phi) is 1.45. The Bertz CT molecular complexity index is 377. The Morgan fingerprint density at radius 2 is 2.07 bits per heavy atom. The van der Waals surface area contributed by atoms with Crippen molar-refractivity contribution in [2.45, 2.75) is 25.2 Å². The van der Waals surface area contributed by atoms with Gasteiger partial charge in [-0.25, -0.2) is 4.79 Å². The molecule has 2 aliphatic carbocycles. The third kappa shape index (κ3) is 0.981. The van der Waals surface area contributed by atoms with Crippen LogP contribution >= 0.6 is 0 Å². The second-order valence-electron chi connectivity index (χ2n) is 4.04. The van der Waals surface area contributed by atoms with Crippen molar-refractivity contribution in [2.24, 2.45) is 11.8 Å². The average molecular weight is 194 g/mol. The lowest BCUT2D eigenvalue weighted by Gasteiger charge is -1.95. The summed E-state index contributed by atoms with van der Waals surface area (Å²) < 4.78 is 5.08. The molecular weight excluding hydrogens is 184 g/mol. The zero-order valence-electron chi connectivity index (χ0n) is 7.51. The van der Waals surface area contributed by atoms with Crippen LogP contribution in [0.4, 0.5) is 0 Å². The Labute approximate surface area is 80.1 Å². The summed E-state index contributed by atoms with van der Waals surface area (Å²) in [6.07, 6.45) is 3.73. The van der Waals surface area contributed by atoms with E-state index in [9.17, 15) is 4.79 Å². The van der Waals surface area contributed by atoms with Gasteiger partial charge in [0, 0.05) is 5.92 Å². The SMILES string of the molecule is O=C(O)c1nnc(C2C3CCCC32)o1. The monoisotopic (exact) mass is 194 g/mol. The van der Waals surface area contributed by atoms with Crippen molar-refractivity contribution in [3.05, 3.63) is 11.8 Å². The van der Waals surface area contributed by atoms with Crippen LogP contribution < -0.4 is 0 Å². The molecule has 0 saturated heterocycles. The molecular formula is C9H10N2O3. The average Bonchev–Trinajstić information content (AvgIpc) is 2.63. The zero-order valence-corrected chi connectivity index (χ0v) is 7.51. The van der Waals surface area contributed by atoms with Crippen LogP contribution in [0.1, 0.15) is 41.8 Å². The van der Waals surface area contributed by atoms with Crippen LogP contribution in [0.5, 0.6) is 0 Å². The molecule has 0 spiro atoms. The molecule has 3 rings (SSSR count). The van der Waals surface area contributed by atoms with Crippen LogP contribution in [-0.4, -0.2) is 21.3 Å². The van der Waals surface area contributed by atoms with E-state index in [2.05, 4.69) is 10.2 Å². The largest absolute Gasteiger partial charge is 0.474 e. The number of aromatic carboxylic acids is 1. The Hall–Kier alpha value is -1.39. The van der Waals surface area contributed by atoms with Gasteiger partial charge in [-0.2, -0.15) is 0 Å². The predicted molar refractivity (Wildman–Crippen MR) is 44.8 cm³/mol. The molecule has 0 amide bonds. The molecule has 2 fully saturated rings. The fraction of sp³-hybridized carbons (Fsp3) is 0.667. The van der Waals surface area contributed by atoms with Gasteiger partial charge in [0.05, 0.1) is 0 Å². The van der Waals surface area contributed by atoms with E-state index in [-0.39, 0.29) is 5.89 Å². The Balaban J connectivity index is 1.82. The first-order valence-electron chi connectivity index (χ1n) is 4.84. The van der Waals surface area contributed by atoms with E-state index in [0.717, 1.165) is 0 Å². The number of fused-ring (bicyclic) bond motifs is 1. The van der Waals surface area contributed by atoms with Gasteiger partial charge in [-0.15, -0.1) is 10.2 Å². The molecule has 5 nitrogen and oxygen atoms in total. The number of carboxylic acids is 1. The molecule has 0 bridgehead atoms. The fourth-order valence-electron chi connectivity index (χ4n) is 2.64. The summed E-state index contributed by atoms with van der Waals surface area (Å²) in [5.41, 5.74) is 0. The van der Waals surface area contributed by atoms with Gasteiger partial charge in [0.25, 0.3) is 0 Å².